The fourth-order valence-corrected chi connectivity index (χ4v) is 6.04. The van der Waals surface area contributed by atoms with E-state index in [9.17, 15) is 14.5 Å². The van der Waals surface area contributed by atoms with Crippen LogP contribution in [0, 0.1) is 15.9 Å². The standard InChI is InChI=1S/C36H36Cl2FN5O6.BrH/c1-2-47-34-21-27(6-9-31(34)44(45)46)42-13-15-43(16-14-42)36(40-12-11-24-3-10-32-35(19-24)49-18-17-48-32)41-23-25-4-5-26(37)20-33(25)50-28-7-8-30(39)29(38)22-28;/h3-10,19-22H,2,11-18,23H2,1H3,(H,40,41);1H. The van der Waals surface area contributed by atoms with Gasteiger partial charge in [0.15, 0.2) is 23.2 Å². The van der Waals surface area contributed by atoms with E-state index in [0.717, 1.165) is 34.7 Å². The molecule has 4 aromatic carbocycles. The second-order valence-electron chi connectivity index (χ2n) is 11.5. The average Bonchev–Trinajstić information content (AvgIpc) is 3.12. The Morgan fingerprint density at radius 3 is 2.49 bits per heavy atom. The molecule has 0 saturated carbocycles. The third-order valence-corrected chi connectivity index (χ3v) is 8.76. The second-order valence-corrected chi connectivity index (χ2v) is 12.4. The van der Waals surface area contributed by atoms with Gasteiger partial charge in [-0.2, -0.15) is 0 Å². The molecule has 0 radical (unpaired) electrons. The summed E-state index contributed by atoms with van der Waals surface area (Å²) < 4.78 is 36.9. The molecule has 0 spiro atoms. The molecule has 15 heteroatoms. The van der Waals surface area contributed by atoms with E-state index in [1.54, 1.807) is 31.2 Å². The van der Waals surface area contributed by atoms with E-state index in [1.807, 2.05) is 24.3 Å². The molecule has 1 N–H and O–H groups in total. The molecule has 270 valence electrons. The van der Waals surface area contributed by atoms with Crippen molar-refractivity contribution in [2.45, 2.75) is 19.9 Å². The van der Waals surface area contributed by atoms with Crippen LogP contribution in [-0.4, -0.2) is 68.3 Å². The number of benzene rings is 4. The number of nitrogens with zero attached hydrogens (tertiary/aromatic N) is 4. The molecule has 0 aliphatic carbocycles. The Hall–Kier alpha value is -4.46. The Bertz CT molecular complexity index is 1880. The number of nitro groups is 1. The molecule has 1 fully saturated rings. The number of aliphatic imine (C=N–C) groups is 1. The lowest BCUT2D eigenvalue weighted by Crippen LogP contribution is -2.52. The summed E-state index contributed by atoms with van der Waals surface area (Å²) >= 11 is 12.3. The van der Waals surface area contributed by atoms with E-state index in [0.29, 0.717) is 75.0 Å². The first-order valence-corrected chi connectivity index (χ1v) is 17.0. The molecule has 0 amide bonds. The van der Waals surface area contributed by atoms with Crippen LogP contribution in [0.15, 0.2) is 77.8 Å². The number of rotatable bonds is 11. The molecule has 11 nitrogen and oxygen atoms in total. The van der Waals surface area contributed by atoms with Gasteiger partial charge in [-0.25, -0.2) is 9.38 Å². The van der Waals surface area contributed by atoms with Gasteiger partial charge in [-0.3, -0.25) is 10.1 Å². The largest absolute Gasteiger partial charge is 0.487 e. The molecule has 2 heterocycles. The number of ether oxygens (including phenoxy) is 4. The summed E-state index contributed by atoms with van der Waals surface area (Å²) in [6.07, 6.45) is 0.721. The van der Waals surface area contributed by atoms with Crippen LogP contribution in [0.1, 0.15) is 18.1 Å². The Morgan fingerprint density at radius 2 is 1.75 bits per heavy atom. The number of hydrogen-bond acceptors (Lipinski definition) is 8. The fraction of sp³-hybridized carbons (Fsp3) is 0.306. The number of guanidine groups is 1. The Balaban J connectivity index is 0.00000504. The molecule has 1 saturated heterocycles. The number of nitro benzene ring substituents is 1. The molecule has 51 heavy (non-hydrogen) atoms. The third-order valence-electron chi connectivity index (χ3n) is 8.23. The molecule has 0 aromatic heterocycles. The molecule has 6 rings (SSSR count). The first kappa shape index (κ1) is 37.8. The van der Waals surface area contributed by atoms with Gasteiger partial charge in [0.25, 0.3) is 0 Å². The van der Waals surface area contributed by atoms with Crippen LogP contribution in [0.5, 0.6) is 28.7 Å². The molecule has 0 unspecified atom stereocenters. The summed E-state index contributed by atoms with van der Waals surface area (Å²) in [4.78, 5) is 20.4. The lowest BCUT2D eigenvalue weighted by Gasteiger charge is -2.38. The van der Waals surface area contributed by atoms with E-state index in [2.05, 4.69) is 15.1 Å². The minimum absolute atomic E-state index is 0. The summed E-state index contributed by atoms with van der Waals surface area (Å²) in [5.41, 5.74) is 2.67. The van der Waals surface area contributed by atoms with E-state index in [4.69, 9.17) is 47.1 Å². The number of halogens is 4. The first-order chi connectivity index (χ1) is 24.3. The molecule has 4 aromatic rings. The summed E-state index contributed by atoms with van der Waals surface area (Å²) in [7, 11) is 0. The highest BCUT2D eigenvalue weighted by Gasteiger charge is 2.23. The van der Waals surface area contributed by atoms with Gasteiger partial charge in [-0.05, 0) is 61.4 Å². The minimum Gasteiger partial charge on any atom is -0.487 e. The number of nitrogens with one attached hydrogen (secondary N) is 1. The highest BCUT2D eigenvalue weighted by atomic mass is 79.9. The number of anilines is 1. The van der Waals surface area contributed by atoms with Crippen molar-refractivity contribution < 1.29 is 28.3 Å². The van der Waals surface area contributed by atoms with Crippen molar-refractivity contribution in [3.8, 4) is 28.7 Å². The van der Waals surface area contributed by atoms with Crippen LogP contribution in [0.25, 0.3) is 0 Å². The van der Waals surface area contributed by atoms with E-state index < -0.39 is 10.7 Å². The highest BCUT2D eigenvalue weighted by Crippen LogP contribution is 2.34. The molecule has 0 bridgehead atoms. The van der Waals surface area contributed by atoms with Gasteiger partial charge in [0.05, 0.1) is 23.1 Å². The maximum atomic E-state index is 13.8. The molecular weight excluding hydrogens is 768 g/mol. The Labute approximate surface area is 315 Å². The van der Waals surface area contributed by atoms with Crippen molar-refractivity contribution in [1.29, 1.82) is 0 Å². The van der Waals surface area contributed by atoms with Gasteiger partial charge in [0.2, 0.25) is 0 Å². The minimum atomic E-state index is -0.537. The van der Waals surface area contributed by atoms with Gasteiger partial charge < -0.3 is 34.1 Å². The van der Waals surface area contributed by atoms with Crippen LogP contribution in [0.2, 0.25) is 10.0 Å². The fourth-order valence-electron chi connectivity index (χ4n) is 5.71. The van der Waals surface area contributed by atoms with Crippen molar-refractivity contribution in [2.24, 2.45) is 4.99 Å². The van der Waals surface area contributed by atoms with Crippen molar-refractivity contribution in [2.75, 3.05) is 57.4 Å². The van der Waals surface area contributed by atoms with Gasteiger partial charge in [0, 0.05) is 67.2 Å². The zero-order valence-corrected chi connectivity index (χ0v) is 31.0. The van der Waals surface area contributed by atoms with Crippen LogP contribution in [-0.2, 0) is 13.0 Å². The van der Waals surface area contributed by atoms with Crippen molar-refractivity contribution in [3.63, 3.8) is 0 Å². The SMILES string of the molecule is Br.CCOc1cc(N2CCN(C(=NCc3ccc(Cl)cc3Oc3ccc(F)c(Cl)c3)NCCc3ccc4c(c3)OCCO4)CC2)ccc1[N+](=O)[O-]. The number of fused-ring (bicyclic) bond motifs is 1. The predicted octanol–water partition coefficient (Wildman–Crippen LogP) is 8.09. The molecule has 2 aliphatic rings. The van der Waals surface area contributed by atoms with Gasteiger partial charge in [-0.1, -0.05) is 35.3 Å². The first-order valence-electron chi connectivity index (χ1n) is 16.3. The maximum Gasteiger partial charge on any atom is 0.311 e. The van der Waals surface area contributed by atoms with Crippen molar-refractivity contribution in [3.05, 3.63) is 110 Å². The second kappa shape index (κ2) is 17.7. The predicted molar refractivity (Wildman–Crippen MR) is 202 cm³/mol. The van der Waals surface area contributed by atoms with E-state index >= 15 is 0 Å². The molecule has 2 aliphatic heterocycles. The monoisotopic (exact) mass is 803 g/mol. The molecular formula is C36H37BrCl2FN5O6. The normalized spacial score (nSPS) is 14.1. The summed E-state index contributed by atoms with van der Waals surface area (Å²) in [5, 5.41) is 15.5. The lowest BCUT2D eigenvalue weighted by molar-refractivity contribution is -0.385. The van der Waals surface area contributed by atoms with Crippen LogP contribution in [0.3, 0.4) is 0 Å². The summed E-state index contributed by atoms with van der Waals surface area (Å²) in [5.74, 6) is 2.78. The summed E-state index contributed by atoms with van der Waals surface area (Å²) in [6.45, 7) is 6.68. The van der Waals surface area contributed by atoms with Crippen LogP contribution < -0.4 is 29.2 Å². The smallest absolute Gasteiger partial charge is 0.311 e. The zero-order chi connectivity index (χ0) is 35.0. The quantitative estimate of drug-likeness (QED) is 0.0697. The van der Waals surface area contributed by atoms with Gasteiger partial charge in [-0.15, -0.1) is 17.0 Å². The Morgan fingerprint density at radius 1 is 0.961 bits per heavy atom. The topological polar surface area (TPSA) is 111 Å². The maximum absolute atomic E-state index is 13.8. The van der Waals surface area contributed by atoms with Crippen molar-refractivity contribution >= 4 is 57.5 Å². The van der Waals surface area contributed by atoms with E-state index in [1.165, 1.54) is 24.3 Å². The zero-order valence-electron chi connectivity index (χ0n) is 27.8. The van der Waals surface area contributed by atoms with Crippen LogP contribution >= 0.6 is 40.2 Å². The third kappa shape index (κ3) is 9.66. The van der Waals surface area contributed by atoms with Gasteiger partial charge in [0.1, 0.15) is 30.5 Å². The summed E-state index contributed by atoms with van der Waals surface area (Å²) in [6, 6.07) is 20.4. The average molecular weight is 806 g/mol. The van der Waals surface area contributed by atoms with Crippen molar-refractivity contribution in [1.82, 2.24) is 10.2 Å². The molecule has 0 atom stereocenters. The van der Waals surface area contributed by atoms with E-state index in [-0.39, 0.29) is 40.0 Å². The Kier molecular flexibility index (Phi) is 13.1. The lowest BCUT2D eigenvalue weighted by atomic mass is 10.1. The highest BCUT2D eigenvalue weighted by molar-refractivity contribution is 8.93. The number of hydrogen-bond donors (Lipinski definition) is 1. The number of piperazine rings is 1. The van der Waals surface area contributed by atoms with Gasteiger partial charge >= 0.3 is 5.69 Å². The van der Waals surface area contributed by atoms with Crippen LogP contribution in [0.4, 0.5) is 15.8 Å².